The zero-order valence-electron chi connectivity index (χ0n) is 14.7. The minimum Gasteiger partial charge on any atom is -0.493 e. The Morgan fingerprint density at radius 1 is 0.923 bits per heavy atom. The van der Waals surface area contributed by atoms with E-state index in [2.05, 4.69) is 5.32 Å². The van der Waals surface area contributed by atoms with Crippen molar-refractivity contribution in [1.82, 2.24) is 0 Å². The highest BCUT2D eigenvalue weighted by molar-refractivity contribution is 6.00. The van der Waals surface area contributed by atoms with E-state index in [-0.39, 0.29) is 37.6 Å². The molecule has 0 aliphatic rings. The number of carbonyl (C=O) groups excluding carboxylic acids is 3. The summed E-state index contributed by atoms with van der Waals surface area (Å²) in [4.78, 5) is 34.7. The lowest BCUT2D eigenvalue weighted by Gasteiger charge is -2.08. The molecule has 2 aromatic carbocycles. The van der Waals surface area contributed by atoms with Gasteiger partial charge in [-0.05, 0) is 31.2 Å². The average Bonchev–Trinajstić information content (AvgIpc) is 2.61. The molecule has 0 aliphatic heterocycles. The van der Waals surface area contributed by atoms with E-state index < -0.39 is 5.91 Å². The van der Waals surface area contributed by atoms with Gasteiger partial charge in [0.05, 0.1) is 13.0 Å². The number of hydrogen-bond acceptors (Lipinski definition) is 4. The van der Waals surface area contributed by atoms with Crippen LogP contribution in [0.1, 0.15) is 35.2 Å². The summed E-state index contributed by atoms with van der Waals surface area (Å²) in [5, 5.41) is 2.74. The van der Waals surface area contributed by atoms with Gasteiger partial charge in [0.15, 0.2) is 5.78 Å². The normalized spacial score (nSPS) is 10.2. The first-order valence-corrected chi connectivity index (χ1v) is 8.35. The van der Waals surface area contributed by atoms with E-state index in [1.54, 1.807) is 36.4 Å². The SMILES string of the molecule is Cc1ccc(C(=O)CCC(=O)Nc2ccc(OCCC(N)=O)cc2)cc1. The molecule has 6 heteroatoms. The number of ketones is 1. The Kier molecular flexibility index (Phi) is 6.91. The van der Waals surface area contributed by atoms with Crippen molar-refractivity contribution in [2.45, 2.75) is 26.2 Å². The summed E-state index contributed by atoms with van der Waals surface area (Å²) in [6, 6.07) is 14.1. The third-order valence-corrected chi connectivity index (χ3v) is 3.71. The monoisotopic (exact) mass is 354 g/mol. The summed E-state index contributed by atoms with van der Waals surface area (Å²) in [6.45, 7) is 2.16. The van der Waals surface area contributed by atoms with Gasteiger partial charge >= 0.3 is 0 Å². The molecule has 0 atom stereocenters. The molecule has 0 unspecified atom stereocenters. The minimum atomic E-state index is -0.422. The maximum atomic E-state index is 12.1. The van der Waals surface area contributed by atoms with Gasteiger partial charge in [0.25, 0.3) is 0 Å². The van der Waals surface area contributed by atoms with Gasteiger partial charge in [0.2, 0.25) is 11.8 Å². The van der Waals surface area contributed by atoms with Gasteiger partial charge in [-0.2, -0.15) is 0 Å². The molecule has 6 nitrogen and oxygen atoms in total. The summed E-state index contributed by atoms with van der Waals surface area (Å²) in [5.41, 5.74) is 7.35. The standard InChI is InChI=1S/C20H22N2O4/c1-14-2-4-15(5-3-14)18(23)10-11-20(25)22-16-6-8-17(9-7-16)26-13-12-19(21)24/h2-9H,10-13H2,1H3,(H2,21,24)(H,22,25). The number of rotatable bonds is 9. The lowest BCUT2D eigenvalue weighted by molar-refractivity contribution is -0.118. The van der Waals surface area contributed by atoms with Gasteiger partial charge in [0, 0.05) is 24.1 Å². The number of nitrogens with two attached hydrogens (primary N) is 1. The number of nitrogens with one attached hydrogen (secondary N) is 1. The van der Waals surface area contributed by atoms with Crippen LogP contribution < -0.4 is 15.8 Å². The maximum Gasteiger partial charge on any atom is 0.224 e. The molecular weight excluding hydrogens is 332 g/mol. The van der Waals surface area contributed by atoms with Crippen LogP contribution in [0.3, 0.4) is 0 Å². The summed E-state index contributed by atoms with van der Waals surface area (Å²) < 4.78 is 5.35. The van der Waals surface area contributed by atoms with Crippen molar-refractivity contribution in [2.75, 3.05) is 11.9 Å². The van der Waals surface area contributed by atoms with Crippen molar-refractivity contribution in [3.05, 3.63) is 59.7 Å². The smallest absolute Gasteiger partial charge is 0.224 e. The molecule has 2 aromatic rings. The summed E-state index contributed by atoms with van der Waals surface area (Å²) >= 11 is 0. The van der Waals surface area contributed by atoms with E-state index in [0.29, 0.717) is 17.0 Å². The van der Waals surface area contributed by atoms with Crippen molar-refractivity contribution >= 4 is 23.3 Å². The van der Waals surface area contributed by atoms with Crippen molar-refractivity contribution in [1.29, 1.82) is 0 Å². The van der Waals surface area contributed by atoms with Crippen molar-refractivity contribution in [3.8, 4) is 5.75 Å². The first-order valence-electron chi connectivity index (χ1n) is 8.35. The highest BCUT2D eigenvalue weighted by Gasteiger charge is 2.09. The number of benzene rings is 2. The predicted octanol–water partition coefficient (Wildman–Crippen LogP) is 2.85. The van der Waals surface area contributed by atoms with Crippen LogP contribution >= 0.6 is 0 Å². The molecule has 2 rings (SSSR count). The molecule has 0 saturated carbocycles. The molecule has 3 N–H and O–H groups in total. The number of anilines is 1. The first kappa shape index (κ1) is 19.2. The Balaban J connectivity index is 1.77. The molecule has 0 spiro atoms. The molecule has 0 bridgehead atoms. The number of Topliss-reactive ketones (excluding diaryl/α,β-unsaturated/α-hetero) is 1. The van der Waals surface area contributed by atoms with Gasteiger partial charge in [-0.25, -0.2) is 0 Å². The Morgan fingerprint density at radius 2 is 1.58 bits per heavy atom. The van der Waals surface area contributed by atoms with Crippen LogP contribution in [-0.4, -0.2) is 24.2 Å². The second-order valence-corrected chi connectivity index (χ2v) is 5.93. The number of ether oxygens (including phenoxy) is 1. The van der Waals surface area contributed by atoms with Crippen molar-refractivity contribution in [2.24, 2.45) is 5.73 Å². The molecular formula is C20H22N2O4. The van der Waals surface area contributed by atoms with E-state index in [0.717, 1.165) is 5.56 Å². The maximum absolute atomic E-state index is 12.1. The quantitative estimate of drug-likeness (QED) is 0.677. The second kappa shape index (κ2) is 9.36. The Bertz CT molecular complexity index is 767. The van der Waals surface area contributed by atoms with Gasteiger partial charge in [-0.1, -0.05) is 29.8 Å². The zero-order chi connectivity index (χ0) is 18.9. The number of amides is 2. The Hall–Kier alpha value is -3.15. The summed E-state index contributed by atoms with van der Waals surface area (Å²) in [5.74, 6) is -0.126. The first-order chi connectivity index (χ1) is 12.4. The van der Waals surface area contributed by atoms with E-state index in [1.165, 1.54) is 0 Å². The van der Waals surface area contributed by atoms with Gasteiger partial charge in [-0.3, -0.25) is 14.4 Å². The average molecular weight is 354 g/mol. The second-order valence-electron chi connectivity index (χ2n) is 5.93. The lowest BCUT2D eigenvalue weighted by Crippen LogP contribution is -2.15. The molecule has 26 heavy (non-hydrogen) atoms. The molecule has 136 valence electrons. The fourth-order valence-corrected chi connectivity index (χ4v) is 2.24. The Morgan fingerprint density at radius 3 is 2.19 bits per heavy atom. The third kappa shape index (κ3) is 6.39. The molecule has 0 aromatic heterocycles. The van der Waals surface area contributed by atoms with Crippen LogP contribution in [-0.2, 0) is 9.59 Å². The van der Waals surface area contributed by atoms with Crippen LogP contribution in [0.5, 0.6) is 5.75 Å². The third-order valence-electron chi connectivity index (χ3n) is 3.71. The van der Waals surface area contributed by atoms with Crippen LogP contribution in [0.25, 0.3) is 0 Å². The van der Waals surface area contributed by atoms with Crippen molar-refractivity contribution in [3.63, 3.8) is 0 Å². The summed E-state index contributed by atoms with van der Waals surface area (Å²) in [7, 11) is 0. The van der Waals surface area contributed by atoms with E-state index >= 15 is 0 Å². The topological polar surface area (TPSA) is 98.5 Å². The van der Waals surface area contributed by atoms with E-state index in [9.17, 15) is 14.4 Å². The highest BCUT2D eigenvalue weighted by atomic mass is 16.5. The fraction of sp³-hybridized carbons (Fsp3) is 0.250. The lowest BCUT2D eigenvalue weighted by atomic mass is 10.0. The number of hydrogen-bond donors (Lipinski definition) is 2. The van der Waals surface area contributed by atoms with Crippen molar-refractivity contribution < 1.29 is 19.1 Å². The van der Waals surface area contributed by atoms with Crippen LogP contribution in [0.4, 0.5) is 5.69 Å². The molecule has 0 aliphatic carbocycles. The number of primary amides is 1. The number of carbonyl (C=O) groups is 3. The Labute approximate surface area is 152 Å². The highest BCUT2D eigenvalue weighted by Crippen LogP contribution is 2.16. The van der Waals surface area contributed by atoms with Crippen LogP contribution in [0, 0.1) is 6.92 Å². The van der Waals surface area contributed by atoms with E-state index in [4.69, 9.17) is 10.5 Å². The van der Waals surface area contributed by atoms with Gasteiger partial charge in [-0.15, -0.1) is 0 Å². The van der Waals surface area contributed by atoms with Gasteiger partial charge < -0.3 is 15.8 Å². The predicted molar refractivity (Wildman–Crippen MR) is 99.1 cm³/mol. The van der Waals surface area contributed by atoms with Crippen LogP contribution in [0.2, 0.25) is 0 Å². The summed E-state index contributed by atoms with van der Waals surface area (Å²) in [6.07, 6.45) is 0.417. The molecule has 0 fully saturated rings. The molecule has 2 amide bonds. The molecule has 0 saturated heterocycles. The van der Waals surface area contributed by atoms with Gasteiger partial charge in [0.1, 0.15) is 5.75 Å². The molecule has 0 radical (unpaired) electrons. The van der Waals surface area contributed by atoms with E-state index in [1.807, 2.05) is 19.1 Å². The number of aryl methyl sites for hydroxylation is 1. The van der Waals surface area contributed by atoms with Crippen LogP contribution in [0.15, 0.2) is 48.5 Å². The zero-order valence-corrected chi connectivity index (χ0v) is 14.7. The fourth-order valence-electron chi connectivity index (χ4n) is 2.24. The molecule has 0 heterocycles. The largest absolute Gasteiger partial charge is 0.493 e. The minimum absolute atomic E-state index is 0.0571.